The predicted octanol–water partition coefficient (Wildman–Crippen LogP) is 2.77. The van der Waals surface area contributed by atoms with E-state index in [0.717, 1.165) is 6.42 Å². The van der Waals surface area contributed by atoms with E-state index in [0.29, 0.717) is 0 Å². The van der Waals surface area contributed by atoms with Crippen LogP contribution in [0.25, 0.3) is 10.8 Å². The SMILES string of the molecule is C1=Pc2ccc3ccccc3c2C1. The molecule has 62 valence electrons. The molecular weight excluding hydrogens is 175 g/mol. The molecule has 2 aromatic carbocycles. The Labute approximate surface area is 79.0 Å². The van der Waals surface area contributed by atoms with E-state index in [1.165, 1.54) is 29.8 Å². The lowest BCUT2D eigenvalue weighted by Crippen LogP contribution is -1.97. The van der Waals surface area contributed by atoms with Gasteiger partial charge in [0.25, 0.3) is 0 Å². The number of rotatable bonds is 0. The molecule has 13 heavy (non-hydrogen) atoms. The Hall–Kier alpha value is -1.13. The first kappa shape index (κ1) is 7.29. The Bertz CT molecular complexity index is 497. The molecule has 0 radical (unpaired) electrons. The van der Waals surface area contributed by atoms with Gasteiger partial charge >= 0.3 is 0 Å². The van der Waals surface area contributed by atoms with Crippen LogP contribution in [0.5, 0.6) is 0 Å². The lowest BCUT2D eigenvalue weighted by atomic mass is 10.0. The minimum absolute atomic E-state index is 1.14. The molecule has 3 rings (SSSR count). The zero-order valence-corrected chi connectivity index (χ0v) is 8.09. The third kappa shape index (κ3) is 1.03. The van der Waals surface area contributed by atoms with E-state index in [9.17, 15) is 0 Å². The number of fused-ring (bicyclic) bond motifs is 3. The summed E-state index contributed by atoms with van der Waals surface area (Å²) in [5.41, 5.74) is 1.53. The second-order valence-corrected chi connectivity index (χ2v) is 4.41. The third-order valence-electron chi connectivity index (χ3n) is 2.54. The molecule has 0 fully saturated rings. The Kier molecular flexibility index (Phi) is 1.50. The maximum absolute atomic E-state index is 2.33. The minimum atomic E-state index is 1.14. The van der Waals surface area contributed by atoms with E-state index in [1.807, 2.05) is 0 Å². The van der Waals surface area contributed by atoms with Crippen molar-refractivity contribution in [2.45, 2.75) is 6.42 Å². The summed E-state index contributed by atoms with van der Waals surface area (Å²) in [5, 5.41) is 4.28. The van der Waals surface area contributed by atoms with Crippen molar-refractivity contribution in [2.75, 3.05) is 0 Å². The van der Waals surface area contributed by atoms with Crippen molar-refractivity contribution in [1.82, 2.24) is 0 Å². The standard InChI is InChI=1S/C12H9P/c1-2-4-10-9(3-1)5-6-12-11(10)7-8-13-12/h1-6,8H,7H2. The molecule has 0 unspecified atom stereocenters. The summed E-state index contributed by atoms with van der Waals surface area (Å²) in [6.07, 6.45) is 1.14. The molecule has 0 aliphatic carbocycles. The first-order chi connectivity index (χ1) is 6.45. The predicted molar refractivity (Wildman–Crippen MR) is 60.3 cm³/mol. The van der Waals surface area contributed by atoms with E-state index in [1.54, 1.807) is 0 Å². The van der Waals surface area contributed by atoms with Crippen molar-refractivity contribution >= 4 is 30.1 Å². The Balaban J connectivity index is 2.46. The van der Waals surface area contributed by atoms with Gasteiger partial charge in [-0.2, -0.15) is 0 Å². The molecule has 0 nitrogen and oxygen atoms in total. The van der Waals surface area contributed by atoms with Gasteiger partial charge in [-0.25, -0.2) is 0 Å². The lowest BCUT2D eigenvalue weighted by molar-refractivity contribution is 1.47. The molecule has 2 aromatic rings. The van der Waals surface area contributed by atoms with Crippen LogP contribution < -0.4 is 5.30 Å². The van der Waals surface area contributed by atoms with Crippen LogP contribution in [0.1, 0.15) is 5.56 Å². The first-order valence-electron chi connectivity index (χ1n) is 4.48. The van der Waals surface area contributed by atoms with Crippen LogP contribution in [0.4, 0.5) is 0 Å². The largest absolute Gasteiger partial charge is 0.0722 e. The fraction of sp³-hybridized carbons (Fsp3) is 0.0833. The average Bonchev–Trinajstić information content (AvgIpc) is 2.65. The van der Waals surface area contributed by atoms with Crippen LogP contribution in [0.15, 0.2) is 36.4 Å². The lowest BCUT2D eigenvalue weighted by Gasteiger charge is -2.03. The van der Waals surface area contributed by atoms with Crippen LogP contribution in [-0.2, 0) is 6.42 Å². The zero-order valence-electron chi connectivity index (χ0n) is 7.20. The topological polar surface area (TPSA) is 0 Å². The molecule has 1 heteroatoms. The van der Waals surface area contributed by atoms with Crippen LogP contribution in [-0.4, -0.2) is 5.80 Å². The summed E-state index contributed by atoms with van der Waals surface area (Å²) < 4.78 is 0. The molecule has 0 saturated carbocycles. The van der Waals surface area contributed by atoms with Crippen molar-refractivity contribution in [1.29, 1.82) is 0 Å². The van der Waals surface area contributed by atoms with Gasteiger partial charge in [-0.1, -0.05) is 44.3 Å². The Morgan fingerprint density at radius 3 is 2.92 bits per heavy atom. The number of benzene rings is 2. The number of hydrogen-bond donors (Lipinski definition) is 0. The van der Waals surface area contributed by atoms with Gasteiger partial charge in [0, 0.05) is 5.30 Å². The van der Waals surface area contributed by atoms with Crippen LogP contribution in [0.3, 0.4) is 0 Å². The van der Waals surface area contributed by atoms with Gasteiger partial charge in [0.1, 0.15) is 0 Å². The maximum Gasteiger partial charge on any atom is 0.00565 e. The van der Waals surface area contributed by atoms with E-state index in [2.05, 4.69) is 42.2 Å². The summed E-state index contributed by atoms with van der Waals surface area (Å²) in [5.74, 6) is 2.33. The Morgan fingerprint density at radius 2 is 1.92 bits per heavy atom. The molecule has 0 aromatic heterocycles. The van der Waals surface area contributed by atoms with E-state index in [4.69, 9.17) is 0 Å². The van der Waals surface area contributed by atoms with Gasteiger partial charge in [-0.15, -0.1) is 0 Å². The highest BCUT2D eigenvalue weighted by atomic mass is 31.1. The van der Waals surface area contributed by atoms with Gasteiger partial charge in [-0.3, -0.25) is 0 Å². The fourth-order valence-corrected chi connectivity index (χ4v) is 2.89. The van der Waals surface area contributed by atoms with Gasteiger partial charge in [0.05, 0.1) is 0 Å². The Morgan fingerprint density at radius 1 is 1.00 bits per heavy atom. The summed E-state index contributed by atoms with van der Waals surface area (Å²) in [6, 6.07) is 13.1. The monoisotopic (exact) mass is 184 g/mol. The van der Waals surface area contributed by atoms with Crippen molar-refractivity contribution in [3.05, 3.63) is 42.0 Å². The van der Waals surface area contributed by atoms with Crippen molar-refractivity contribution in [3.8, 4) is 0 Å². The first-order valence-corrected chi connectivity index (χ1v) is 5.45. The summed E-state index contributed by atoms with van der Waals surface area (Å²) in [4.78, 5) is 0. The van der Waals surface area contributed by atoms with Gasteiger partial charge in [0.2, 0.25) is 0 Å². The van der Waals surface area contributed by atoms with E-state index < -0.39 is 0 Å². The molecule has 0 spiro atoms. The fourth-order valence-electron chi connectivity index (χ4n) is 1.90. The van der Waals surface area contributed by atoms with Crippen molar-refractivity contribution in [3.63, 3.8) is 0 Å². The molecule has 0 saturated heterocycles. The maximum atomic E-state index is 2.33. The third-order valence-corrected chi connectivity index (χ3v) is 3.60. The molecule has 1 heterocycles. The molecule has 1 aliphatic heterocycles. The second kappa shape index (κ2) is 2.68. The molecule has 0 bridgehead atoms. The normalized spacial score (nSPS) is 14.8. The van der Waals surface area contributed by atoms with Crippen LogP contribution >= 0.6 is 8.20 Å². The highest BCUT2D eigenvalue weighted by Crippen LogP contribution is 2.23. The molecule has 1 aliphatic rings. The summed E-state index contributed by atoms with van der Waals surface area (Å²) in [6.45, 7) is 0. The second-order valence-electron chi connectivity index (χ2n) is 3.30. The smallest absolute Gasteiger partial charge is 0.00565 e. The molecular formula is C12H9P. The van der Waals surface area contributed by atoms with E-state index >= 15 is 0 Å². The molecule has 0 N–H and O–H groups in total. The minimum Gasteiger partial charge on any atom is -0.0722 e. The quantitative estimate of drug-likeness (QED) is 0.552. The molecule has 0 atom stereocenters. The summed E-state index contributed by atoms with van der Waals surface area (Å²) >= 11 is 0. The van der Waals surface area contributed by atoms with Crippen molar-refractivity contribution < 1.29 is 0 Å². The van der Waals surface area contributed by atoms with Crippen LogP contribution in [0.2, 0.25) is 0 Å². The average molecular weight is 184 g/mol. The van der Waals surface area contributed by atoms with E-state index in [-0.39, 0.29) is 0 Å². The highest BCUT2D eigenvalue weighted by molar-refractivity contribution is 7.48. The van der Waals surface area contributed by atoms with Crippen LogP contribution in [0, 0.1) is 0 Å². The molecule has 0 amide bonds. The van der Waals surface area contributed by atoms with Gasteiger partial charge in [0.15, 0.2) is 0 Å². The van der Waals surface area contributed by atoms with Gasteiger partial charge < -0.3 is 0 Å². The zero-order chi connectivity index (χ0) is 8.67. The van der Waals surface area contributed by atoms with Gasteiger partial charge in [-0.05, 0) is 28.8 Å². The van der Waals surface area contributed by atoms with Crippen molar-refractivity contribution in [2.24, 2.45) is 0 Å². The summed E-state index contributed by atoms with van der Waals surface area (Å²) in [7, 11) is 1.39. The number of hydrogen-bond acceptors (Lipinski definition) is 0. The highest BCUT2D eigenvalue weighted by Gasteiger charge is 2.08.